The third kappa shape index (κ3) is 2.76. The Morgan fingerprint density at radius 2 is 2.16 bits per heavy atom. The Morgan fingerprint density at radius 1 is 1.37 bits per heavy atom. The number of anilines is 2. The van der Waals surface area contributed by atoms with Crippen LogP contribution in [-0.2, 0) is 0 Å². The van der Waals surface area contributed by atoms with E-state index in [-0.39, 0.29) is 6.61 Å². The Bertz CT molecular complexity index is 548. The monoisotopic (exact) mass is 264 g/mol. The summed E-state index contributed by atoms with van der Waals surface area (Å²) in [5.41, 5.74) is 0.926. The number of nitrogens with zero attached hydrogens (tertiary/aromatic N) is 3. The number of fused-ring (bicyclic) bond motifs is 1. The van der Waals surface area contributed by atoms with Crippen LogP contribution in [0.4, 0.5) is 11.8 Å². The van der Waals surface area contributed by atoms with Gasteiger partial charge in [0.2, 0.25) is 5.95 Å². The van der Waals surface area contributed by atoms with Crippen LogP contribution in [0.25, 0.3) is 11.2 Å². The molecular formula is C12H20N6O. The molecule has 1 atom stereocenters. The topological polar surface area (TPSA) is 98.8 Å². The van der Waals surface area contributed by atoms with Gasteiger partial charge in [0.25, 0.3) is 0 Å². The summed E-state index contributed by atoms with van der Waals surface area (Å²) in [5.74, 6) is 1.18. The van der Waals surface area contributed by atoms with Crippen LogP contribution in [0.15, 0.2) is 6.33 Å². The molecule has 0 aromatic carbocycles. The zero-order valence-electron chi connectivity index (χ0n) is 11.5. The first-order valence-corrected chi connectivity index (χ1v) is 6.46. The van der Waals surface area contributed by atoms with Crippen molar-refractivity contribution < 1.29 is 5.11 Å². The van der Waals surface area contributed by atoms with E-state index in [9.17, 15) is 5.11 Å². The van der Waals surface area contributed by atoms with E-state index in [2.05, 4.69) is 30.6 Å². The zero-order chi connectivity index (χ0) is 13.9. The van der Waals surface area contributed by atoms with E-state index in [1.54, 1.807) is 6.33 Å². The van der Waals surface area contributed by atoms with Crippen molar-refractivity contribution in [2.24, 2.45) is 0 Å². The molecule has 0 saturated heterocycles. The van der Waals surface area contributed by atoms with Crippen LogP contribution in [0.5, 0.6) is 0 Å². The molecule has 0 fully saturated rings. The van der Waals surface area contributed by atoms with Gasteiger partial charge >= 0.3 is 0 Å². The summed E-state index contributed by atoms with van der Waals surface area (Å²) in [6.45, 7) is 6.71. The number of aromatic amines is 1. The number of nitrogens with one attached hydrogen (secondary N) is 3. The van der Waals surface area contributed by atoms with Gasteiger partial charge < -0.3 is 20.7 Å². The van der Waals surface area contributed by atoms with Crippen LogP contribution >= 0.6 is 0 Å². The molecule has 2 heterocycles. The van der Waals surface area contributed by atoms with Gasteiger partial charge in [0.05, 0.1) is 18.5 Å². The molecule has 19 heavy (non-hydrogen) atoms. The van der Waals surface area contributed by atoms with Crippen LogP contribution in [0.2, 0.25) is 0 Å². The number of aromatic nitrogens is 4. The van der Waals surface area contributed by atoms with E-state index >= 15 is 0 Å². The van der Waals surface area contributed by atoms with E-state index in [4.69, 9.17) is 0 Å². The van der Waals surface area contributed by atoms with Gasteiger partial charge in [-0.05, 0) is 20.3 Å². The van der Waals surface area contributed by atoms with Crippen molar-refractivity contribution in [3.05, 3.63) is 6.33 Å². The fourth-order valence-corrected chi connectivity index (χ4v) is 1.69. The van der Waals surface area contributed by atoms with Crippen molar-refractivity contribution in [1.82, 2.24) is 19.9 Å². The van der Waals surface area contributed by atoms with Gasteiger partial charge in [-0.3, -0.25) is 0 Å². The zero-order valence-corrected chi connectivity index (χ0v) is 11.5. The average molecular weight is 264 g/mol. The van der Waals surface area contributed by atoms with E-state index in [1.807, 2.05) is 20.8 Å². The maximum absolute atomic E-state index is 9.49. The summed E-state index contributed by atoms with van der Waals surface area (Å²) in [6, 6.07) is 0. The molecule has 0 aliphatic rings. The van der Waals surface area contributed by atoms with Gasteiger partial charge in [0, 0.05) is 6.54 Å². The molecule has 0 bridgehead atoms. The maximum atomic E-state index is 9.49. The Balaban J connectivity index is 2.42. The number of aliphatic hydroxyl groups excluding tert-OH is 1. The van der Waals surface area contributed by atoms with Crippen molar-refractivity contribution in [2.45, 2.75) is 32.7 Å². The highest BCUT2D eigenvalue weighted by molar-refractivity contribution is 5.84. The Morgan fingerprint density at radius 3 is 2.79 bits per heavy atom. The number of hydrogen-bond donors (Lipinski definition) is 4. The molecular weight excluding hydrogens is 244 g/mol. The second-order valence-electron chi connectivity index (χ2n) is 4.72. The number of aliphatic hydroxyl groups is 1. The minimum atomic E-state index is -0.421. The van der Waals surface area contributed by atoms with Gasteiger partial charge in [-0.1, -0.05) is 6.92 Å². The summed E-state index contributed by atoms with van der Waals surface area (Å²) in [5, 5.41) is 15.8. The van der Waals surface area contributed by atoms with Crippen molar-refractivity contribution in [2.75, 3.05) is 23.8 Å². The number of imidazole rings is 1. The lowest BCUT2D eigenvalue weighted by atomic mass is 10.0. The highest BCUT2D eigenvalue weighted by Gasteiger charge is 2.23. The smallest absolute Gasteiger partial charge is 0.226 e. The second kappa shape index (κ2) is 5.40. The van der Waals surface area contributed by atoms with Crippen LogP contribution in [-0.4, -0.2) is 43.7 Å². The first kappa shape index (κ1) is 13.5. The van der Waals surface area contributed by atoms with Crippen molar-refractivity contribution in [3.8, 4) is 0 Å². The highest BCUT2D eigenvalue weighted by atomic mass is 16.3. The fourth-order valence-electron chi connectivity index (χ4n) is 1.69. The molecule has 2 aromatic heterocycles. The van der Waals surface area contributed by atoms with Gasteiger partial charge in [-0.15, -0.1) is 0 Å². The summed E-state index contributed by atoms with van der Waals surface area (Å²) in [7, 11) is 0. The van der Waals surface area contributed by atoms with Crippen LogP contribution in [0.1, 0.15) is 27.2 Å². The molecule has 0 spiro atoms. The second-order valence-corrected chi connectivity index (χ2v) is 4.72. The Hall–Kier alpha value is -1.89. The molecule has 0 aliphatic heterocycles. The van der Waals surface area contributed by atoms with Crippen LogP contribution < -0.4 is 10.6 Å². The molecule has 0 radical (unpaired) electrons. The van der Waals surface area contributed by atoms with Crippen molar-refractivity contribution in [1.29, 1.82) is 0 Å². The Kier molecular flexibility index (Phi) is 3.84. The van der Waals surface area contributed by atoms with Gasteiger partial charge in [0.15, 0.2) is 11.5 Å². The van der Waals surface area contributed by atoms with Gasteiger partial charge in [-0.25, -0.2) is 4.98 Å². The molecule has 0 saturated carbocycles. The van der Waals surface area contributed by atoms with Crippen molar-refractivity contribution in [3.63, 3.8) is 0 Å². The molecule has 0 aliphatic carbocycles. The predicted molar refractivity (Wildman–Crippen MR) is 75.3 cm³/mol. The summed E-state index contributed by atoms with van der Waals surface area (Å²) in [4.78, 5) is 15.9. The minimum Gasteiger partial charge on any atom is -0.394 e. The van der Waals surface area contributed by atoms with Crippen LogP contribution in [0.3, 0.4) is 0 Å². The lowest BCUT2D eigenvalue weighted by Gasteiger charge is -2.28. The largest absolute Gasteiger partial charge is 0.394 e. The van der Waals surface area contributed by atoms with Gasteiger partial charge in [0.1, 0.15) is 5.52 Å². The number of H-pyrrole nitrogens is 1. The highest BCUT2D eigenvalue weighted by Crippen LogP contribution is 2.23. The third-order valence-corrected chi connectivity index (χ3v) is 3.17. The van der Waals surface area contributed by atoms with E-state index in [0.29, 0.717) is 17.4 Å². The molecule has 1 unspecified atom stereocenters. The average Bonchev–Trinajstić information content (AvgIpc) is 2.87. The number of hydrogen-bond acceptors (Lipinski definition) is 6. The number of rotatable bonds is 6. The molecule has 104 valence electrons. The van der Waals surface area contributed by atoms with Crippen molar-refractivity contribution >= 4 is 22.9 Å². The Labute approximate surface area is 111 Å². The quantitative estimate of drug-likeness (QED) is 0.629. The SMILES string of the molecule is CCNc1nc(NC(C)(CC)CO)c2[nH]cnc2n1. The lowest BCUT2D eigenvalue weighted by Crippen LogP contribution is -2.38. The molecule has 0 amide bonds. The molecule has 2 aromatic rings. The first-order chi connectivity index (χ1) is 9.11. The normalized spacial score (nSPS) is 14.3. The third-order valence-electron chi connectivity index (χ3n) is 3.17. The summed E-state index contributed by atoms with van der Waals surface area (Å²) >= 11 is 0. The van der Waals surface area contributed by atoms with E-state index in [0.717, 1.165) is 18.5 Å². The minimum absolute atomic E-state index is 0.0275. The molecule has 7 nitrogen and oxygen atoms in total. The molecule has 7 heteroatoms. The molecule has 4 N–H and O–H groups in total. The fraction of sp³-hybridized carbons (Fsp3) is 0.583. The van der Waals surface area contributed by atoms with E-state index in [1.165, 1.54) is 0 Å². The summed E-state index contributed by atoms with van der Waals surface area (Å²) < 4.78 is 0. The molecule has 2 rings (SSSR count). The maximum Gasteiger partial charge on any atom is 0.226 e. The van der Waals surface area contributed by atoms with E-state index < -0.39 is 5.54 Å². The lowest BCUT2D eigenvalue weighted by molar-refractivity contribution is 0.218. The first-order valence-electron chi connectivity index (χ1n) is 6.46. The van der Waals surface area contributed by atoms with Crippen LogP contribution in [0, 0.1) is 0 Å². The predicted octanol–water partition coefficient (Wildman–Crippen LogP) is 1.36. The standard InChI is InChI=1S/C12H20N6O/c1-4-12(3,6-19)18-10-8-9(15-7-14-8)16-11(17-10)13-5-2/h7,19H,4-6H2,1-3H3,(H3,13,14,15,16,17,18). The summed E-state index contributed by atoms with van der Waals surface area (Å²) in [6.07, 6.45) is 2.36. The van der Waals surface area contributed by atoms with Gasteiger partial charge in [-0.2, -0.15) is 9.97 Å².